The van der Waals surface area contributed by atoms with Gasteiger partial charge in [0.25, 0.3) is 0 Å². The highest BCUT2D eigenvalue weighted by Crippen LogP contribution is 2.43. The van der Waals surface area contributed by atoms with Crippen LogP contribution in [0.15, 0.2) is 40.8 Å². The van der Waals surface area contributed by atoms with Gasteiger partial charge in [-0.05, 0) is 35.4 Å². The third-order valence-corrected chi connectivity index (χ3v) is 5.77. The van der Waals surface area contributed by atoms with Crippen LogP contribution in [0.1, 0.15) is 67.4 Å². The normalized spacial score (nSPS) is 14.3. The molecule has 0 aliphatic heterocycles. The first-order valence-corrected chi connectivity index (χ1v) is 10.1. The van der Waals surface area contributed by atoms with Gasteiger partial charge in [0.15, 0.2) is 5.69 Å². The lowest BCUT2D eigenvalue weighted by Crippen LogP contribution is -2.35. The van der Waals surface area contributed by atoms with E-state index in [2.05, 4.69) is 4.85 Å². The monoisotopic (exact) mass is 401 g/mol. The van der Waals surface area contributed by atoms with Crippen molar-refractivity contribution in [3.05, 3.63) is 70.2 Å². The van der Waals surface area contributed by atoms with Gasteiger partial charge in [0.1, 0.15) is 18.2 Å². The summed E-state index contributed by atoms with van der Waals surface area (Å²) in [5.41, 5.74) is 5.17. The number of aromatic nitrogens is 1. The van der Waals surface area contributed by atoms with Gasteiger partial charge in [-0.3, -0.25) is 0 Å². The Balaban J connectivity index is 2.21. The third-order valence-electron chi connectivity index (χ3n) is 5.77. The summed E-state index contributed by atoms with van der Waals surface area (Å²) < 4.78 is 42.9. The van der Waals surface area contributed by atoms with Gasteiger partial charge < -0.3 is 4.42 Å². The lowest BCUT2D eigenvalue weighted by molar-refractivity contribution is -0.666. The van der Waals surface area contributed by atoms with E-state index in [4.69, 9.17) is 16.5 Å². The van der Waals surface area contributed by atoms with Crippen LogP contribution in [-0.2, 0) is 7.05 Å². The standard InChI is InChI=1S/C27H29N2O/c1-15(2)19-13-18(6)29(8)23(14-19)24-17(5)9-10-21-22-12-11-20(16(3)4)25(28-7)27(22)30-26(21)24/h9-16H,1-6,8H3/q+1/i13D,14D,15D,16D. The minimum absolute atomic E-state index is 0.132. The molecule has 0 unspecified atom stereocenters. The van der Waals surface area contributed by atoms with Crippen LogP contribution in [0, 0.1) is 20.4 Å². The smallest absolute Gasteiger partial charge is 0.232 e. The van der Waals surface area contributed by atoms with Gasteiger partial charge >= 0.3 is 0 Å². The molecule has 0 atom stereocenters. The van der Waals surface area contributed by atoms with Gasteiger partial charge in [0, 0.05) is 32.5 Å². The summed E-state index contributed by atoms with van der Waals surface area (Å²) in [6.45, 7) is 18.5. The van der Waals surface area contributed by atoms with Gasteiger partial charge in [-0.25, -0.2) is 4.85 Å². The predicted molar refractivity (Wildman–Crippen MR) is 124 cm³/mol. The second kappa shape index (κ2) is 7.29. The predicted octanol–water partition coefficient (Wildman–Crippen LogP) is 7.49. The van der Waals surface area contributed by atoms with Crippen molar-refractivity contribution >= 4 is 27.6 Å². The molecule has 0 aliphatic rings. The molecule has 0 spiro atoms. The van der Waals surface area contributed by atoms with E-state index in [1.807, 2.05) is 49.7 Å². The molecule has 0 N–H and O–H groups in total. The molecule has 0 aliphatic carbocycles. The zero-order chi connectivity index (χ0) is 25.3. The number of fused-ring (bicyclic) bond motifs is 3. The summed E-state index contributed by atoms with van der Waals surface area (Å²) in [4.78, 5) is 3.74. The van der Waals surface area contributed by atoms with Crippen LogP contribution >= 0.6 is 0 Å². The van der Waals surface area contributed by atoms with Crippen LogP contribution in [0.3, 0.4) is 0 Å². The van der Waals surface area contributed by atoms with Crippen LogP contribution < -0.4 is 4.57 Å². The average Bonchev–Trinajstić information content (AvgIpc) is 3.10. The lowest BCUT2D eigenvalue weighted by Gasteiger charge is -2.11. The highest BCUT2D eigenvalue weighted by Gasteiger charge is 2.24. The van der Waals surface area contributed by atoms with Crippen LogP contribution in [-0.4, -0.2) is 0 Å². The maximum Gasteiger partial charge on any atom is 0.232 e. The molecular formula is C27H29N2O+. The van der Waals surface area contributed by atoms with Crippen LogP contribution in [0.4, 0.5) is 5.69 Å². The summed E-state index contributed by atoms with van der Waals surface area (Å²) in [5, 5.41) is 1.62. The number of aryl methyl sites for hydroxylation is 1. The van der Waals surface area contributed by atoms with E-state index in [0.717, 1.165) is 21.9 Å². The second-order valence-corrected chi connectivity index (χ2v) is 8.30. The molecule has 3 heteroatoms. The molecule has 0 fully saturated rings. The van der Waals surface area contributed by atoms with Gasteiger partial charge in [-0.2, -0.15) is 4.57 Å². The number of benzene rings is 2. The average molecular weight is 402 g/mol. The molecule has 152 valence electrons. The number of hydrogen-bond acceptors (Lipinski definition) is 1. The topological polar surface area (TPSA) is 21.4 Å². The van der Waals surface area contributed by atoms with Crippen molar-refractivity contribution < 1.29 is 14.5 Å². The lowest BCUT2D eigenvalue weighted by atomic mass is 9.95. The molecule has 2 heterocycles. The number of furan rings is 1. The Morgan fingerprint density at radius 1 is 1.00 bits per heavy atom. The minimum Gasteiger partial charge on any atom is -0.466 e. The van der Waals surface area contributed by atoms with Gasteiger partial charge in [0.2, 0.25) is 11.4 Å². The van der Waals surface area contributed by atoms with E-state index in [1.165, 1.54) is 0 Å². The van der Waals surface area contributed by atoms with Crippen molar-refractivity contribution in [1.82, 2.24) is 0 Å². The van der Waals surface area contributed by atoms with Crippen molar-refractivity contribution in [2.24, 2.45) is 7.05 Å². The molecule has 0 radical (unpaired) electrons. The molecule has 4 rings (SSSR count). The van der Waals surface area contributed by atoms with E-state index in [-0.39, 0.29) is 12.1 Å². The summed E-state index contributed by atoms with van der Waals surface area (Å²) in [6.07, 6.45) is 0. The van der Waals surface area contributed by atoms with Gasteiger partial charge in [0.05, 0.1) is 14.9 Å². The molecule has 2 aromatic heterocycles. The first-order valence-electron chi connectivity index (χ1n) is 12.1. The molecule has 0 saturated carbocycles. The fraction of sp³-hybridized carbons (Fsp3) is 0.333. The molecule has 2 aromatic carbocycles. The molecule has 30 heavy (non-hydrogen) atoms. The van der Waals surface area contributed by atoms with Gasteiger partial charge in [-0.1, -0.05) is 52.0 Å². The van der Waals surface area contributed by atoms with E-state index in [0.29, 0.717) is 39.4 Å². The molecular weight excluding hydrogens is 368 g/mol. The van der Waals surface area contributed by atoms with E-state index >= 15 is 0 Å². The highest BCUT2D eigenvalue weighted by atomic mass is 16.3. The number of rotatable bonds is 3. The maximum absolute atomic E-state index is 9.04. The van der Waals surface area contributed by atoms with Crippen LogP contribution in [0.2, 0.25) is 0 Å². The van der Waals surface area contributed by atoms with Crippen molar-refractivity contribution in [2.75, 3.05) is 0 Å². The van der Waals surface area contributed by atoms with E-state index in [1.54, 1.807) is 27.7 Å². The zero-order valence-electron chi connectivity index (χ0n) is 22.6. The van der Waals surface area contributed by atoms with Crippen LogP contribution in [0.5, 0.6) is 0 Å². The number of nitrogens with zero attached hydrogens (tertiary/aromatic N) is 2. The summed E-state index contributed by atoms with van der Waals surface area (Å²) in [7, 11) is 1.83. The van der Waals surface area contributed by atoms with Crippen LogP contribution in [0.25, 0.3) is 38.0 Å². The van der Waals surface area contributed by atoms with E-state index in [9.17, 15) is 0 Å². The van der Waals surface area contributed by atoms with E-state index < -0.39 is 11.8 Å². The second-order valence-electron chi connectivity index (χ2n) is 8.30. The Morgan fingerprint density at radius 3 is 2.30 bits per heavy atom. The number of pyridine rings is 1. The molecule has 0 saturated heterocycles. The summed E-state index contributed by atoms with van der Waals surface area (Å²) in [5.74, 6) is -2.08. The van der Waals surface area contributed by atoms with Gasteiger partial charge in [-0.15, -0.1) is 0 Å². The first kappa shape index (κ1) is 15.7. The number of hydrogen-bond donors (Lipinski definition) is 0. The minimum atomic E-state index is -1.12. The third kappa shape index (κ3) is 2.99. The Labute approximate surface area is 184 Å². The van der Waals surface area contributed by atoms with Crippen molar-refractivity contribution in [3.8, 4) is 11.3 Å². The molecule has 3 nitrogen and oxygen atoms in total. The first-order chi connectivity index (χ1) is 15.7. The van der Waals surface area contributed by atoms with Crippen molar-refractivity contribution in [3.63, 3.8) is 0 Å². The zero-order valence-corrected chi connectivity index (χ0v) is 18.6. The fourth-order valence-electron chi connectivity index (χ4n) is 3.94. The van der Waals surface area contributed by atoms with Crippen molar-refractivity contribution in [2.45, 2.75) is 53.3 Å². The SMILES string of the molecule is [2H]c1c(C([2H])(C)C)c([2H])c(-c2c(C)ccc3c2oc2c([N+]#[C-])c(C([2H])(C)C)ccc23)[n+](C)c1C. The largest absolute Gasteiger partial charge is 0.466 e. The Bertz CT molecular complexity index is 1530. The molecule has 0 bridgehead atoms. The summed E-state index contributed by atoms with van der Waals surface area (Å²) in [6, 6.07) is 7.99. The van der Waals surface area contributed by atoms with Crippen molar-refractivity contribution in [1.29, 1.82) is 0 Å². The quantitative estimate of drug-likeness (QED) is 0.257. The molecule has 4 aromatic rings. The summed E-state index contributed by atoms with van der Waals surface area (Å²) >= 11 is 0. The maximum atomic E-state index is 9.04. The highest BCUT2D eigenvalue weighted by molar-refractivity contribution is 6.13. The Kier molecular flexibility index (Phi) is 3.81. The fourth-order valence-corrected chi connectivity index (χ4v) is 3.94. The molecule has 0 amide bonds. The Hall–Kier alpha value is -3.12. The Morgan fingerprint density at radius 2 is 1.67 bits per heavy atom.